The van der Waals surface area contributed by atoms with Crippen molar-refractivity contribution in [3.63, 3.8) is 0 Å². The van der Waals surface area contributed by atoms with Crippen LogP contribution in [0.5, 0.6) is 11.5 Å². The van der Waals surface area contributed by atoms with Crippen molar-refractivity contribution in [1.82, 2.24) is 10.5 Å². The maximum atomic E-state index is 11.9. The molecule has 2 rings (SSSR count). The summed E-state index contributed by atoms with van der Waals surface area (Å²) < 4.78 is 5.08. The average molecular weight is 290 g/mol. The van der Waals surface area contributed by atoms with E-state index in [-0.39, 0.29) is 17.4 Å². The van der Waals surface area contributed by atoms with Crippen LogP contribution in [0.4, 0.5) is 0 Å². The molecule has 1 aromatic carbocycles. The van der Waals surface area contributed by atoms with Gasteiger partial charge in [-0.05, 0) is 44.9 Å². The normalized spacial score (nSPS) is 10.6. The van der Waals surface area contributed by atoms with Crippen molar-refractivity contribution in [3.05, 3.63) is 40.8 Å². The number of carbonyl (C=O) groups excluding carboxylic acids is 1. The Morgan fingerprint density at radius 2 is 2.05 bits per heavy atom. The largest absolute Gasteiger partial charge is 0.504 e. The van der Waals surface area contributed by atoms with Crippen LogP contribution in [0.25, 0.3) is 0 Å². The van der Waals surface area contributed by atoms with Crippen molar-refractivity contribution in [1.29, 1.82) is 0 Å². The number of aryl methyl sites for hydroxylation is 2. The predicted octanol–water partition coefficient (Wildman–Crippen LogP) is 2.07. The Bertz CT molecular complexity index is 630. The molecule has 0 saturated heterocycles. The van der Waals surface area contributed by atoms with E-state index in [0.717, 1.165) is 29.9 Å². The van der Waals surface area contributed by atoms with Gasteiger partial charge in [-0.1, -0.05) is 5.16 Å². The lowest BCUT2D eigenvalue weighted by Gasteiger charge is -2.06. The van der Waals surface area contributed by atoms with E-state index in [9.17, 15) is 15.0 Å². The zero-order chi connectivity index (χ0) is 15.4. The second-order valence-corrected chi connectivity index (χ2v) is 4.87. The number of aromatic hydroxyl groups is 2. The smallest absolute Gasteiger partial charge is 0.251 e. The molecule has 3 N–H and O–H groups in total. The number of hydrogen-bond acceptors (Lipinski definition) is 5. The van der Waals surface area contributed by atoms with Crippen molar-refractivity contribution in [2.24, 2.45) is 0 Å². The number of nitrogens with one attached hydrogen (secondary N) is 1. The molecular weight excluding hydrogens is 272 g/mol. The van der Waals surface area contributed by atoms with Crippen molar-refractivity contribution in [2.45, 2.75) is 26.7 Å². The molecule has 0 bridgehead atoms. The van der Waals surface area contributed by atoms with Crippen LogP contribution in [0.2, 0.25) is 0 Å². The third-order valence-corrected chi connectivity index (χ3v) is 3.31. The number of nitrogens with zero attached hydrogens (tertiary/aromatic N) is 1. The molecule has 0 aliphatic heterocycles. The molecule has 1 aromatic heterocycles. The van der Waals surface area contributed by atoms with E-state index in [1.807, 2.05) is 13.8 Å². The summed E-state index contributed by atoms with van der Waals surface area (Å²) in [7, 11) is 0. The van der Waals surface area contributed by atoms with Crippen LogP contribution in [-0.4, -0.2) is 27.8 Å². The van der Waals surface area contributed by atoms with Gasteiger partial charge < -0.3 is 20.1 Å². The van der Waals surface area contributed by atoms with Gasteiger partial charge in [0, 0.05) is 17.7 Å². The first-order valence-electron chi connectivity index (χ1n) is 6.71. The lowest BCUT2D eigenvalue weighted by atomic mass is 10.1. The highest BCUT2D eigenvalue weighted by Crippen LogP contribution is 2.24. The van der Waals surface area contributed by atoms with Crippen LogP contribution in [0, 0.1) is 13.8 Å². The summed E-state index contributed by atoms with van der Waals surface area (Å²) in [5.74, 6) is -0.0327. The predicted molar refractivity (Wildman–Crippen MR) is 76.4 cm³/mol. The number of hydrogen-bond donors (Lipinski definition) is 3. The lowest BCUT2D eigenvalue weighted by Crippen LogP contribution is -2.24. The molecule has 0 fully saturated rings. The maximum absolute atomic E-state index is 11.9. The van der Waals surface area contributed by atoms with Crippen molar-refractivity contribution in [3.8, 4) is 11.5 Å². The Labute approximate surface area is 122 Å². The van der Waals surface area contributed by atoms with Gasteiger partial charge in [-0.25, -0.2) is 0 Å². The van der Waals surface area contributed by atoms with Crippen molar-refractivity contribution < 1.29 is 19.5 Å². The molecule has 6 heteroatoms. The van der Waals surface area contributed by atoms with Gasteiger partial charge in [0.1, 0.15) is 5.76 Å². The van der Waals surface area contributed by atoms with E-state index in [4.69, 9.17) is 4.52 Å². The van der Waals surface area contributed by atoms with Crippen molar-refractivity contribution in [2.75, 3.05) is 6.54 Å². The highest BCUT2D eigenvalue weighted by Gasteiger charge is 2.10. The first kappa shape index (κ1) is 14.9. The molecule has 0 unspecified atom stereocenters. The molecule has 0 atom stereocenters. The number of phenols is 2. The van der Waals surface area contributed by atoms with E-state index in [2.05, 4.69) is 10.5 Å². The number of carbonyl (C=O) groups is 1. The Kier molecular flexibility index (Phi) is 4.47. The average Bonchev–Trinajstić information content (AvgIpc) is 2.77. The second kappa shape index (κ2) is 6.30. The molecule has 0 radical (unpaired) electrons. The monoisotopic (exact) mass is 290 g/mol. The molecule has 0 spiro atoms. The molecule has 0 aliphatic rings. The Balaban J connectivity index is 1.83. The van der Waals surface area contributed by atoms with E-state index < -0.39 is 0 Å². The number of amides is 1. The minimum atomic E-state index is -0.307. The van der Waals surface area contributed by atoms with E-state index in [0.29, 0.717) is 12.1 Å². The van der Waals surface area contributed by atoms with Gasteiger partial charge in [-0.3, -0.25) is 4.79 Å². The van der Waals surface area contributed by atoms with Gasteiger partial charge in [-0.15, -0.1) is 0 Å². The fourth-order valence-electron chi connectivity index (χ4n) is 2.09. The quantitative estimate of drug-likeness (QED) is 0.578. The molecule has 0 aliphatic carbocycles. The minimum absolute atomic E-state index is 0.245. The van der Waals surface area contributed by atoms with Crippen LogP contribution in [0.15, 0.2) is 22.7 Å². The molecule has 1 heterocycles. The summed E-state index contributed by atoms with van der Waals surface area (Å²) in [5, 5.41) is 25.2. The molecule has 112 valence electrons. The zero-order valence-electron chi connectivity index (χ0n) is 12.0. The molecular formula is C15H18N2O4. The summed E-state index contributed by atoms with van der Waals surface area (Å²) in [6, 6.07) is 3.98. The zero-order valence-corrected chi connectivity index (χ0v) is 12.0. The summed E-state index contributed by atoms with van der Waals surface area (Å²) in [4.78, 5) is 11.9. The SMILES string of the molecule is Cc1noc(C)c1CCCNC(=O)c1ccc(O)c(O)c1. The summed E-state index contributed by atoms with van der Waals surface area (Å²) >= 11 is 0. The van der Waals surface area contributed by atoms with Gasteiger partial charge in [0.25, 0.3) is 5.91 Å². The van der Waals surface area contributed by atoms with Gasteiger partial charge in [0.15, 0.2) is 11.5 Å². The first-order valence-corrected chi connectivity index (χ1v) is 6.71. The highest BCUT2D eigenvalue weighted by atomic mass is 16.5. The first-order chi connectivity index (χ1) is 9.99. The highest BCUT2D eigenvalue weighted by molar-refractivity contribution is 5.94. The molecule has 6 nitrogen and oxygen atoms in total. The standard InChI is InChI=1S/C15H18N2O4/c1-9-12(10(2)21-17-9)4-3-7-16-15(20)11-5-6-13(18)14(19)8-11/h5-6,8,18-19H,3-4,7H2,1-2H3,(H,16,20). The van der Waals surface area contributed by atoms with E-state index in [1.165, 1.54) is 18.2 Å². The van der Waals surface area contributed by atoms with Crippen LogP contribution >= 0.6 is 0 Å². The second-order valence-electron chi connectivity index (χ2n) is 4.87. The van der Waals surface area contributed by atoms with Crippen LogP contribution < -0.4 is 5.32 Å². The van der Waals surface area contributed by atoms with Gasteiger partial charge in [-0.2, -0.15) is 0 Å². The van der Waals surface area contributed by atoms with Crippen LogP contribution in [-0.2, 0) is 6.42 Å². The molecule has 1 amide bonds. The third-order valence-electron chi connectivity index (χ3n) is 3.31. The van der Waals surface area contributed by atoms with Gasteiger partial charge in [0.2, 0.25) is 0 Å². The number of phenolic OH excluding ortho intramolecular Hbond substituents is 2. The van der Waals surface area contributed by atoms with Gasteiger partial charge in [0.05, 0.1) is 5.69 Å². The summed E-state index contributed by atoms with van der Waals surface area (Å²) in [5.41, 5.74) is 2.26. The van der Waals surface area contributed by atoms with E-state index in [1.54, 1.807) is 0 Å². The Morgan fingerprint density at radius 3 is 2.67 bits per heavy atom. The molecule has 2 aromatic rings. The fourth-order valence-corrected chi connectivity index (χ4v) is 2.09. The fraction of sp³-hybridized carbons (Fsp3) is 0.333. The Morgan fingerprint density at radius 1 is 1.29 bits per heavy atom. The number of aromatic nitrogens is 1. The minimum Gasteiger partial charge on any atom is -0.504 e. The van der Waals surface area contributed by atoms with Gasteiger partial charge >= 0.3 is 0 Å². The van der Waals surface area contributed by atoms with Crippen LogP contribution in [0.3, 0.4) is 0 Å². The van der Waals surface area contributed by atoms with Crippen LogP contribution in [0.1, 0.15) is 33.8 Å². The third kappa shape index (κ3) is 3.53. The molecule has 0 saturated carbocycles. The Hall–Kier alpha value is -2.50. The van der Waals surface area contributed by atoms with Crippen molar-refractivity contribution >= 4 is 5.91 Å². The summed E-state index contributed by atoms with van der Waals surface area (Å²) in [6.45, 7) is 4.27. The van der Waals surface area contributed by atoms with E-state index >= 15 is 0 Å². The number of rotatable bonds is 5. The summed E-state index contributed by atoms with van der Waals surface area (Å²) in [6.07, 6.45) is 1.54. The number of benzene rings is 1. The topological polar surface area (TPSA) is 95.6 Å². The molecule has 21 heavy (non-hydrogen) atoms. The maximum Gasteiger partial charge on any atom is 0.251 e. The lowest BCUT2D eigenvalue weighted by molar-refractivity contribution is 0.0953.